The number of alkyl halides is 2. The van der Waals surface area contributed by atoms with Gasteiger partial charge in [0.15, 0.2) is 9.84 Å². The van der Waals surface area contributed by atoms with E-state index < -0.39 is 34.1 Å². The fourth-order valence-corrected chi connectivity index (χ4v) is 3.34. The molecular weight excluding hydrogens is 338 g/mol. The number of halogens is 2. The third-order valence-electron chi connectivity index (χ3n) is 3.94. The van der Waals surface area contributed by atoms with Crippen LogP contribution in [-0.2, 0) is 19.4 Å². The molecule has 1 aliphatic carbocycles. The van der Waals surface area contributed by atoms with Crippen LogP contribution < -0.4 is 0 Å². The molecule has 1 fully saturated rings. The van der Waals surface area contributed by atoms with Crippen molar-refractivity contribution in [2.45, 2.75) is 37.0 Å². The second kappa shape index (κ2) is 7.42. The molecule has 24 heavy (non-hydrogen) atoms. The molecule has 132 valence electrons. The molecule has 1 aliphatic rings. The number of carbonyl (C=O) groups is 1. The zero-order valence-electron chi connectivity index (χ0n) is 13.5. The summed E-state index contributed by atoms with van der Waals surface area (Å²) in [6.07, 6.45) is -0.397. The maximum absolute atomic E-state index is 13.4. The van der Waals surface area contributed by atoms with E-state index in [0.29, 0.717) is 5.56 Å². The Bertz CT molecular complexity index is 715. The summed E-state index contributed by atoms with van der Waals surface area (Å²) in [7, 11) is -3.35. The van der Waals surface area contributed by atoms with E-state index in [2.05, 4.69) is 0 Å². The Morgan fingerprint density at radius 1 is 1.21 bits per heavy atom. The minimum Gasteiger partial charge on any atom is -0.462 e. The van der Waals surface area contributed by atoms with Crippen LogP contribution in [0, 0.1) is 5.92 Å². The largest absolute Gasteiger partial charge is 0.462 e. The fourth-order valence-electron chi connectivity index (χ4n) is 2.71. The number of ether oxygens (including phenoxy) is 1. The van der Waals surface area contributed by atoms with E-state index >= 15 is 0 Å². The van der Waals surface area contributed by atoms with E-state index in [1.54, 1.807) is 6.92 Å². The molecule has 4 nitrogen and oxygen atoms in total. The Labute approximate surface area is 140 Å². The quantitative estimate of drug-likeness (QED) is 0.599. The molecule has 0 unspecified atom stereocenters. The van der Waals surface area contributed by atoms with Crippen molar-refractivity contribution in [3.63, 3.8) is 0 Å². The lowest BCUT2D eigenvalue weighted by Crippen LogP contribution is -2.09. The highest BCUT2D eigenvalue weighted by molar-refractivity contribution is 7.90. The monoisotopic (exact) mass is 358 g/mol. The number of hydrogen-bond acceptors (Lipinski definition) is 4. The molecule has 0 aromatic heterocycles. The first-order chi connectivity index (χ1) is 11.2. The zero-order chi connectivity index (χ0) is 17.9. The van der Waals surface area contributed by atoms with Gasteiger partial charge in [-0.15, -0.1) is 0 Å². The summed E-state index contributed by atoms with van der Waals surface area (Å²) in [4.78, 5) is 12.3. The second-order valence-corrected chi connectivity index (χ2v) is 7.88. The summed E-state index contributed by atoms with van der Waals surface area (Å²) in [5, 5.41) is 0. The first-order valence-electron chi connectivity index (χ1n) is 7.70. The second-order valence-electron chi connectivity index (χ2n) is 5.86. The summed E-state index contributed by atoms with van der Waals surface area (Å²) >= 11 is 0. The van der Waals surface area contributed by atoms with Crippen molar-refractivity contribution in [2.75, 3.05) is 12.9 Å². The normalized spacial score (nSPS) is 24.8. The van der Waals surface area contributed by atoms with Crippen molar-refractivity contribution in [3.8, 4) is 0 Å². The van der Waals surface area contributed by atoms with Gasteiger partial charge in [-0.1, -0.05) is 18.2 Å². The van der Waals surface area contributed by atoms with E-state index in [1.807, 2.05) is 0 Å². The van der Waals surface area contributed by atoms with Gasteiger partial charge in [0.05, 0.1) is 17.1 Å². The first kappa shape index (κ1) is 18.6. The fraction of sp³-hybridized carbons (Fsp3) is 0.471. The molecule has 3 atom stereocenters. The van der Waals surface area contributed by atoms with E-state index in [1.165, 1.54) is 30.3 Å². The Kier molecular flexibility index (Phi) is 5.74. The molecular formula is C17H20F2O4S. The van der Waals surface area contributed by atoms with Gasteiger partial charge < -0.3 is 4.74 Å². The molecule has 2 rings (SSSR count). The van der Waals surface area contributed by atoms with Crippen LogP contribution in [0.15, 0.2) is 35.2 Å². The molecule has 0 aliphatic heterocycles. The highest BCUT2D eigenvalue weighted by Crippen LogP contribution is 2.34. The van der Waals surface area contributed by atoms with E-state index in [9.17, 15) is 22.0 Å². The van der Waals surface area contributed by atoms with Gasteiger partial charge in [0.2, 0.25) is 0 Å². The smallest absolute Gasteiger partial charge is 0.338 e. The SMILES string of the molecule is CCOC(=O)C(=C[C@H]1C[C@@H](F)[C@@H](F)C1)c1ccc(S(C)(=O)=O)cc1. The van der Waals surface area contributed by atoms with Crippen LogP contribution in [0.5, 0.6) is 0 Å². The van der Waals surface area contributed by atoms with Crippen LogP contribution in [0.25, 0.3) is 5.57 Å². The van der Waals surface area contributed by atoms with Crippen LogP contribution in [0.4, 0.5) is 8.78 Å². The van der Waals surface area contributed by atoms with Crippen LogP contribution in [0.3, 0.4) is 0 Å². The zero-order valence-corrected chi connectivity index (χ0v) is 14.4. The third kappa shape index (κ3) is 4.41. The van der Waals surface area contributed by atoms with Gasteiger partial charge in [0.25, 0.3) is 0 Å². The predicted molar refractivity (Wildman–Crippen MR) is 86.7 cm³/mol. The number of allylic oxidation sites excluding steroid dienone is 1. The molecule has 0 bridgehead atoms. The van der Waals surface area contributed by atoms with Gasteiger partial charge in [-0.3, -0.25) is 0 Å². The lowest BCUT2D eigenvalue weighted by molar-refractivity contribution is -0.136. The highest BCUT2D eigenvalue weighted by Gasteiger charge is 2.34. The topological polar surface area (TPSA) is 60.4 Å². The summed E-state index contributed by atoms with van der Waals surface area (Å²) < 4.78 is 54.8. The van der Waals surface area contributed by atoms with Crippen molar-refractivity contribution in [2.24, 2.45) is 5.92 Å². The Morgan fingerprint density at radius 2 is 1.75 bits per heavy atom. The van der Waals surface area contributed by atoms with Crippen LogP contribution in [-0.4, -0.2) is 39.6 Å². The van der Waals surface area contributed by atoms with Gasteiger partial charge in [0, 0.05) is 6.26 Å². The van der Waals surface area contributed by atoms with Crippen molar-refractivity contribution in [3.05, 3.63) is 35.9 Å². The molecule has 7 heteroatoms. The van der Waals surface area contributed by atoms with Crippen molar-refractivity contribution >= 4 is 21.4 Å². The maximum atomic E-state index is 13.4. The lowest BCUT2D eigenvalue weighted by atomic mass is 9.98. The van der Waals surface area contributed by atoms with E-state index in [4.69, 9.17) is 4.74 Å². The highest BCUT2D eigenvalue weighted by atomic mass is 32.2. The molecule has 1 saturated carbocycles. The number of carbonyl (C=O) groups excluding carboxylic acids is 1. The minimum atomic E-state index is -3.35. The Balaban J connectivity index is 2.34. The van der Waals surface area contributed by atoms with Crippen LogP contribution in [0.2, 0.25) is 0 Å². The molecule has 0 N–H and O–H groups in total. The summed E-state index contributed by atoms with van der Waals surface area (Å²) in [5.41, 5.74) is 0.654. The number of sulfone groups is 1. The number of rotatable bonds is 5. The first-order valence-corrected chi connectivity index (χ1v) is 9.59. The standard InChI is InChI=1S/C17H20F2O4S/c1-3-23-17(20)14(8-11-9-15(18)16(19)10-11)12-4-6-13(7-5-12)24(2,21)22/h4-8,11,15-16H,3,9-10H2,1-2H3/t11-,15+,16-. The van der Waals surface area contributed by atoms with Crippen molar-refractivity contribution < 1.29 is 26.7 Å². The molecule has 1 aromatic rings. The average molecular weight is 358 g/mol. The summed E-state index contributed by atoms with van der Waals surface area (Å²) in [5.74, 6) is -0.994. The average Bonchev–Trinajstić information content (AvgIpc) is 2.82. The molecule has 1 aromatic carbocycles. The third-order valence-corrected chi connectivity index (χ3v) is 5.07. The predicted octanol–water partition coefficient (Wildman–Crippen LogP) is 3.12. The minimum absolute atomic E-state index is 0.0193. The summed E-state index contributed by atoms with van der Waals surface area (Å²) in [6.45, 7) is 1.83. The molecule has 0 saturated heterocycles. The Morgan fingerprint density at radius 3 is 2.21 bits per heavy atom. The van der Waals surface area contributed by atoms with Gasteiger partial charge in [-0.2, -0.15) is 0 Å². The maximum Gasteiger partial charge on any atom is 0.338 e. The molecule has 0 heterocycles. The number of esters is 1. The van der Waals surface area contributed by atoms with E-state index in [-0.39, 0.29) is 29.9 Å². The van der Waals surface area contributed by atoms with Crippen LogP contribution >= 0.6 is 0 Å². The van der Waals surface area contributed by atoms with Crippen molar-refractivity contribution in [1.82, 2.24) is 0 Å². The van der Waals surface area contributed by atoms with Crippen molar-refractivity contribution in [1.29, 1.82) is 0 Å². The van der Waals surface area contributed by atoms with Gasteiger partial charge >= 0.3 is 5.97 Å². The van der Waals surface area contributed by atoms with Gasteiger partial charge in [-0.25, -0.2) is 22.0 Å². The molecule has 0 spiro atoms. The molecule has 0 radical (unpaired) electrons. The van der Waals surface area contributed by atoms with Crippen LogP contribution in [0.1, 0.15) is 25.3 Å². The molecule has 0 amide bonds. The van der Waals surface area contributed by atoms with E-state index in [0.717, 1.165) is 6.26 Å². The number of hydrogen-bond donors (Lipinski definition) is 0. The van der Waals surface area contributed by atoms with Gasteiger partial charge in [0.1, 0.15) is 12.3 Å². The lowest BCUT2D eigenvalue weighted by Gasteiger charge is -2.11. The number of benzene rings is 1. The van der Waals surface area contributed by atoms with Gasteiger partial charge in [-0.05, 0) is 43.4 Å². The Hall–Kier alpha value is -1.76. The summed E-state index contributed by atoms with van der Waals surface area (Å²) in [6, 6.07) is 5.77.